The quantitative estimate of drug-likeness (QED) is 0.821. The Bertz CT molecular complexity index is 476. The van der Waals surface area contributed by atoms with Gasteiger partial charge in [-0.1, -0.05) is 6.92 Å². The molecule has 6 nitrogen and oxygen atoms in total. The number of aliphatic carboxylic acids is 1. The summed E-state index contributed by atoms with van der Waals surface area (Å²) in [6.45, 7) is 6.19. The molecule has 110 valence electrons. The molecule has 0 spiro atoms. The van der Waals surface area contributed by atoms with Crippen LogP contribution in [0.1, 0.15) is 31.1 Å². The second kappa shape index (κ2) is 7.47. The molecule has 0 saturated heterocycles. The van der Waals surface area contributed by atoms with Crippen molar-refractivity contribution in [3.05, 3.63) is 23.9 Å². The Morgan fingerprint density at radius 1 is 1.45 bits per heavy atom. The Labute approximate surface area is 118 Å². The van der Waals surface area contributed by atoms with E-state index in [1.54, 1.807) is 25.3 Å². The molecule has 1 aromatic heterocycles. The normalized spacial score (nSPS) is 11.8. The zero-order valence-corrected chi connectivity index (χ0v) is 12.0. The lowest BCUT2D eigenvalue weighted by Crippen LogP contribution is -2.37. The Kier molecular flexibility index (Phi) is 5.96. The molecule has 0 aliphatic heterocycles. The van der Waals surface area contributed by atoms with Crippen LogP contribution in [-0.2, 0) is 4.79 Å². The maximum Gasteiger partial charge on any atom is 0.308 e. The van der Waals surface area contributed by atoms with Gasteiger partial charge in [0.25, 0.3) is 5.91 Å². The van der Waals surface area contributed by atoms with E-state index >= 15 is 0 Å². The van der Waals surface area contributed by atoms with Gasteiger partial charge < -0.3 is 14.7 Å². The van der Waals surface area contributed by atoms with Crippen LogP contribution in [-0.4, -0.2) is 46.6 Å². The number of rotatable bonds is 7. The molecule has 0 radical (unpaired) electrons. The fourth-order valence-corrected chi connectivity index (χ4v) is 1.74. The Morgan fingerprint density at radius 3 is 2.70 bits per heavy atom. The molecule has 1 heterocycles. The van der Waals surface area contributed by atoms with Gasteiger partial charge in [-0.2, -0.15) is 0 Å². The first kappa shape index (κ1) is 15.9. The van der Waals surface area contributed by atoms with Crippen LogP contribution in [0.25, 0.3) is 0 Å². The van der Waals surface area contributed by atoms with Crippen molar-refractivity contribution in [3.63, 3.8) is 0 Å². The minimum atomic E-state index is -0.924. The van der Waals surface area contributed by atoms with Crippen molar-refractivity contribution >= 4 is 11.9 Å². The van der Waals surface area contributed by atoms with Gasteiger partial charge >= 0.3 is 5.97 Å². The van der Waals surface area contributed by atoms with Gasteiger partial charge in [0.2, 0.25) is 5.88 Å². The molecule has 6 heteroatoms. The molecule has 0 aromatic carbocycles. The lowest BCUT2D eigenvalue weighted by Gasteiger charge is -2.23. The zero-order chi connectivity index (χ0) is 15.1. The molecule has 1 atom stereocenters. The molecule has 1 N–H and O–H groups in total. The Morgan fingerprint density at radius 2 is 2.15 bits per heavy atom. The molecule has 1 aromatic rings. The van der Waals surface area contributed by atoms with E-state index in [1.807, 2.05) is 13.8 Å². The van der Waals surface area contributed by atoms with E-state index in [0.717, 1.165) is 0 Å². The topological polar surface area (TPSA) is 79.7 Å². The first-order valence-electron chi connectivity index (χ1n) is 6.61. The molecule has 1 rings (SSSR count). The highest BCUT2D eigenvalue weighted by atomic mass is 16.5. The summed E-state index contributed by atoms with van der Waals surface area (Å²) >= 11 is 0. The highest BCUT2D eigenvalue weighted by Crippen LogP contribution is 2.17. The number of carbonyl (C=O) groups is 2. The van der Waals surface area contributed by atoms with Gasteiger partial charge in [0.15, 0.2) is 0 Å². The summed E-state index contributed by atoms with van der Waals surface area (Å²) < 4.78 is 5.33. The van der Waals surface area contributed by atoms with Gasteiger partial charge in [-0.25, -0.2) is 4.98 Å². The number of amides is 1. The standard InChI is InChI=1S/C14H20N2O4/c1-4-16(9-10(3)14(18)19)13(17)11-7-6-8-15-12(11)20-5-2/h6-8,10H,4-5,9H2,1-3H3,(H,18,19)/t10-/m0/s1. The second-order valence-corrected chi connectivity index (χ2v) is 4.37. The molecular formula is C14H20N2O4. The smallest absolute Gasteiger partial charge is 0.308 e. The summed E-state index contributed by atoms with van der Waals surface area (Å²) in [4.78, 5) is 28.9. The monoisotopic (exact) mass is 280 g/mol. The molecular weight excluding hydrogens is 260 g/mol. The van der Waals surface area contributed by atoms with Crippen LogP contribution in [0.4, 0.5) is 0 Å². The lowest BCUT2D eigenvalue weighted by molar-refractivity contribution is -0.141. The molecule has 0 aliphatic rings. The van der Waals surface area contributed by atoms with Crippen molar-refractivity contribution in [2.45, 2.75) is 20.8 Å². The van der Waals surface area contributed by atoms with Crippen LogP contribution in [0.5, 0.6) is 5.88 Å². The van der Waals surface area contributed by atoms with Gasteiger partial charge in [-0.15, -0.1) is 0 Å². The number of nitrogens with zero attached hydrogens (tertiary/aromatic N) is 2. The molecule has 1 amide bonds. The highest BCUT2D eigenvalue weighted by Gasteiger charge is 2.23. The SMILES string of the molecule is CCOc1ncccc1C(=O)N(CC)C[C@H](C)C(=O)O. The largest absolute Gasteiger partial charge is 0.481 e. The van der Waals surface area contributed by atoms with Crippen LogP contribution in [0.15, 0.2) is 18.3 Å². The number of pyridine rings is 1. The summed E-state index contributed by atoms with van der Waals surface area (Å²) in [6.07, 6.45) is 1.55. The predicted octanol–water partition coefficient (Wildman–Crippen LogP) is 1.66. The number of hydrogen-bond donors (Lipinski definition) is 1. The van der Waals surface area contributed by atoms with Crippen LogP contribution >= 0.6 is 0 Å². The van der Waals surface area contributed by atoms with Gasteiger partial charge in [-0.05, 0) is 26.0 Å². The van der Waals surface area contributed by atoms with Crippen molar-refractivity contribution in [1.82, 2.24) is 9.88 Å². The van der Waals surface area contributed by atoms with E-state index in [2.05, 4.69) is 4.98 Å². The third kappa shape index (κ3) is 3.94. The van der Waals surface area contributed by atoms with E-state index in [9.17, 15) is 9.59 Å². The van der Waals surface area contributed by atoms with Gasteiger partial charge in [-0.3, -0.25) is 9.59 Å². The Balaban J connectivity index is 2.93. The van der Waals surface area contributed by atoms with Crippen molar-refractivity contribution in [1.29, 1.82) is 0 Å². The lowest BCUT2D eigenvalue weighted by atomic mass is 10.1. The predicted molar refractivity (Wildman–Crippen MR) is 73.8 cm³/mol. The number of hydrogen-bond acceptors (Lipinski definition) is 4. The van der Waals surface area contributed by atoms with E-state index in [1.165, 1.54) is 4.90 Å². The average Bonchev–Trinajstić information content (AvgIpc) is 2.44. The second-order valence-electron chi connectivity index (χ2n) is 4.37. The van der Waals surface area contributed by atoms with Crippen LogP contribution in [0.2, 0.25) is 0 Å². The van der Waals surface area contributed by atoms with Crippen molar-refractivity contribution in [3.8, 4) is 5.88 Å². The van der Waals surface area contributed by atoms with Crippen LogP contribution in [0, 0.1) is 5.92 Å². The van der Waals surface area contributed by atoms with Crippen molar-refractivity contribution in [2.24, 2.45) is 5.92 Å². The first-order chi connectivity index (χ1) is 9.51. The summed E-state index contributed by atoms with van der Waals surface area (Å²) in [6, 6.07) is 3.29. The van der Waals surface area contributed by atoms with Gasteiger partial charge in [0.1, 0.15) is 5.56 Å². The van der Waals surface area contributed by atoms with E-state index < -0.39 is 11.9 Å². The highest BCUT2D eigenvalue weighted by molar-refractivity contribution is 5.96. The number of aromatic nitrogens is 1. The fraction of sp³-hybridized carbons (Fsp3) is 0.500. The maximum absolute atomic E-state index is 12.4. The minimum absolute atomic E-state index is 0.158. The third-order valence-electron chi connectivity index (χ3n) is 2.87. The van der Waals surface area contributed by atoms with E-state index in [0.29, 0.717) is 18.7 Å². The van der Waals surface area contributed by atoms with Gasteiger partial charge in [0.05, 0.1) is 12.5 Å². The molecule has 0 fully saturated rings. The molecule has 0 bridgehead atoms. The molecule has 0 saturated carbocycles. The van der Waals surface area contributed by atoms with Crippen LogP contribution in [0.3, 0.4) is 0 Å². The average molecular weight is 280 g/mol. The molecule has 20 heavy (non-hydrogen) atoms. The van der Waals surface area contributed by atoms with E-state index in [-0.39, 0.29) is 18.3 Å². The number of carboxylic acids is 1. The fourth-order valence-electron chi connectivity index (χ4n) is 1.74. The first-order valence-corrected chi connectivity index (χ1v) is 6.61. The van der Waals surface area contributed by atoms with E-state index in [4.69, 9.17) is 9.84 Å². The van der Waals surface area contributed by atoms with Crippen molar-refractivity contribution < 1.29 is 19.4 Å². The van der Waals surface area contributed by atoms with Crippen LogP contribution < -0.4 is 4.74 Å². The zero-order valence-electron chi connectivity index (χ0n) is 12.0. The summed E-state index contributed by atoms with van der Waals surface area (Å²) in [7, 11) is 0. The summed E-state index contributed by atoms with van der Waals surface area (Å²) in [5.41, 5.74) is 0.355. The van der Waals surface area contributed by atoms with Crippen molar-refractivity contribution in [2.75, 3.05) is 19.7 Å². The summed E-state index contributed by atoms with van der Waals surface area (Å²) in [5, 5.41) is 8.94. The third-order valence-corrected chi connectivity index (χ3v) is 2.87. The van der Waals surface area contributed by atoms with Gasteiger partial charge in [0, 0.05) is 19.3 Å². The number of carbonyl (C=O) groups excluding carboxylic acids is 1. The summed E-state index contributed by atoms with van der Waals surface area (Å²) in [5.74, 6) is -1.53. The molecule has 0 unspecified atom stereocenters. The number of carboxylic acid groups (broad SMARTS) is 1. The minimum Gasteiger partial charge on any atom is -0.481 e. The Hall–Kier alpha value is -2.11. The molecule has 0 aliphatic carbocycles. The maximum atomic E-state index is 12.4. The number of ether oxygens (including phenoxy) is 1.